The van der Waals surface area contributed by atoms with E-state index < -0.39 is 19.7 Å². The first kappa shape index (κ1) is 13.8. The van der Waals surface area contributed by atoms with Crippen LogP contribution in [0.5, 0.6) is 0 Å². The Bertz CT molecular complexity index is 400. The highest BCUT2D eigenvalue weighted by molar-refractivity contribution is 7.54. The zero-order chi connectivity index (χ0) is 12.7. The molecular formula is C11H14O5P+. The van der Waals surface area contributed by atoms with E-state index in [4.69, 9.17) is 4.74 Å². The van der Waals surface area contributed by atoms with Gasteiger partial charge in [-0.3, -0.25) is 9.36 Å². The Morgan fingerprint density at radius 3 is 2.65 bits per heavy atom. The normalized spacial score (nSPS) is 14.1. The standard InChI is InChI=1S/C11H14O5P/c1-14-17(13,15-2)9-11(12)16-8-10-6-4-3-5-7-10/h3-4,6-7H,8-9H2,1-2H3/q+1. The Labute approximate surface area is 100 Å². The lowest BCUT2D eigenvalue weighted by Gasteiger charge is -2.12. The summed E-state index contributed by atoms with van der Waals surface area (Å²) in [6.45, 7) is 0.115. The predicted molar refractivity (Wildman–Crippen MR) is 62.5 cm³/mol. The first-order valence-electron chi connectivity index (χ1n) is 4.91. The topological polar surface area (TPSA) is 61.8 Å². The number of rotatable bonds is 6. The van der Waals surface area contributed by atoms with Gasteiger partial charge in [-0.2, -0.15) is 0 Å². The van der Waals surface area contributed by atoms with Gasteiger partial charge in [0.05, 0.1) is 11.6 Å². The molecule has 0 amide bonds. The van der Waals surface area contributed by atoms with Crippen LogP contribution < -0.4 is 0 Å². The van der Waals surface area contributed by atoms with Crippen LogP contribution in [0, 0.1) is 6.08 Å². The summed E-state index contributed by atoms with van der Waals surface area (Å²) in [5.41, 5.74) is 0.811. The zero-order valence-corrected chi connectivity index (χ0v) is 10.6. The molecule has 0 aromatic heterocycles. The van der Waals surface area contributed by atoms with Gasteiger partial charge in [-0.25, -0.2) is 0 Å². The van der Waals surface area contributed by atoms with Gasteiger partial charge in [0.1, 0.15) is 18.3 Å². The van der Waals surface area contributed by atoms with Gasteiger partial charge in [-0.1, -0.05) is 0 Å². The van der Waals surface area contributed by atoms with Crippen LogP contribution in [0.1, 0.15) is 0 Å². The summed E-state index contributed by atoms with van der Waals surface area (Å²) in [5, 5.41) is 0. The summed E-state index contributed by atoms with van der Waals surface area (Å²) in [4.78, 5) is 11.4. The van der Waals surface area contributed by atoms with E-state index in [-0.39, 0.29) is 6.61 Å². The van der Waals surface area contributed by atoms with Crippen LogP contribution in [-0.2, 0) is 23.1 Å². The fourth-order valence-corrected chi connectivity index (χ4v) is 1.91. The fourth-order valence-electron chi connectivity index (χ4n) is 1.09. The number of ether oxygens (including phenoxy) is 1. The third-order valence-electron chi connectivity index (χ3n) is 2.05. The van der Waals surface area contributed by atoms with Crippen LogP contribution in [0.3, 0.4) is 0 Å². The summed E-state index contributed by atoms with van der Waals surface area (Å²) < 4.78 is 25.8. The Morgan fingerprint density at radius 1 is 1.41 bits per heavy atom. The minimum Gasteiger partial charge on any atom is -0.446 e. The molecule has 0 saturated heterocycles. The van der Waals surface area contributed by atoms with E-state index in [0.29, 0.717) is 0 Å². The summed E-state index contributed by atoms with van der Waals surface area (Å²) in [6, 6.07) is 0. The molecule has 0 aliphatic heterocycles. The smallest absolute Gasteiger partial charge is 0.341 e. The van der Waals surface area contributed by atoms with Crippen LogP contribution in [0.2, 0.25) is 0 Å². The molecule has 17 heavy (non-hydrogen) atoms. The van der Waals surface area contributed by atoms with Crippen molar-refractivity contribution >= 4 is 13.6 Å². The molecule has 0 N–H and O–H groups in total. The molecule has 5 nitrogen and oxygen atoms in total. The van der Waals surface area contributed by atoms with Crippen LogP contribution >= 0.6 is 7.60 Å². The maximum Gasteiger partial charge on any atom is 0.341 e. The molecule has 0 saturated carbocycles. The van der Waals surface area contributed by atoms with Crippen molar-refractivity contribution in [2.75, 3.05) is 27.0 Å². The predicted octanol–water partition coefficient (Wildman–Crippen LogP) is 1.87. The third kappa shape index (κ3) is 4.63. The maximum absolute atomic E-state index is 11.6. The first-order chi connectivity index (χ1) is 8.09. The summed E-state index contributed by atoms with van der Waals surface area (Å²) in [6.07, 6.45) is 9.51. The minimum atomic E-state index is -3.34. The average Bonchev–Trinajstić information content (AvgIpc) is 2.37. The van der Waals surface area contributed by atoms with Gasteiger partial charge in [-0.05, 0) is 0 Å². The highest BCUT2D eigenvalue weighted by Gasteiger charge is 2.26. The maximum atomic E-state index is 11.6. The molecule has 0 spiro atoms. The SMILES string of the molecule is COP(=O)(CC(=O)OCC1=CC=C[C+]=C1)OC. The number of hydrogen-bond acceptors (Lipinski definition) is 5. The monoisotopic (exact) mass is 257 g/mol. The van der Waals surface area contributed by atoms with E-state index >= 15 is 0 Å². The van der Waals surface area contributed by atoms with Gasteiger partial charge in [0, 0.05) is 26.4 Å². The second-order valence-corrected chi connectivity index (χ2v) is 5.47. The summed E-state index contributed by atoms with van der Waals surface area (Å²) in [7, 11) is -0.889. The molecule has 92 valence electrons. The average molecular weight is 257 g/mol. The van der Waals surface area contributed by atoms with Gasteiger partial charge in [0.25, 0.3) is 0 Å². The van der Waals surface area contributed by atoms with E-state index in [1.807, 2.05) is 0 Å². The second-order valence-electron chi connectivity index (χ2n) is 3.21. The molecule has 6 heteroatoms. The molecule has 0 atom stereocenters. The van der Waals surface area contributed by atoms with Crippen molar-refractivity contribution < 1.29 is 23.1 Å². The number of carbonyl (C=O) groups is 1. The Morgan fingerprint density at radius 2 is 2.12 bits per heavy atom. The van der Waals surface area contributed by atoms with E-state index in [9.17, 15) is 9.36 Å². The highest BCUT2D eigenvalue weighted by Crippen LogP contribution is 2.45. The van der Waals surface area contributed by atoms with Crippen molar-refractivity contribution in [2.45, 2.75) is 0 Å². The Balaban J connectivity index is 2.40. The second kappa shape index (κ2) is 6.48. The minimum absolute atomic E-state index is 0.115. The summed E-state index contributed by atoms with van der Waals surface area (Å²) in [5.74, 6) is -0.624. The quantitative estimate of drug-likeness (QED) is 0.413. The first-order valence-corrected chi connectivity index (χ1v) is 6.63. The lowest BCUT2D eigenvalue weighted by atomic mass is 10.2. The van der Waals surface area contributed by atoms with Crippen molar-refractivity contribution in [2.24, 2.45) is 0 Å². The molecule has 1 aliphatic carbocycles. The fraction of sp³-hybridized carbons (Fsp3) is 0.364. The molecule has 1 rings (SSSR count). The van der Waals surface area contributed by atoms with Crippen LogP contribution in [0.4, 0.5) is 0 Å². The molecule has 0 fully saturated rings. The molecular weight excluding hydrogens is 243 g/mol. The van der Waals surface area contributed by atoms with Crippen molar-refractivity contribution in [1.29, 1.82) is 0 Å². The molecule has 0 aromatic carbocycles. The van der Waals surface area contributed by atoms with Crippen molar-refractivity contribution in [3.63, 3.8) is 0 Å². The Kier molecular flexibility index (Phi) is 5.26. The van der Waals surface area contributed by atoms with Crippen LogP contribution in [0.25, 0.3) is 0 Å². The van der Waals surface area contributed by atoms with Crippen LogP contribution in [-0.4, -0.2) is 33.0 Å². The number of allylic oxidation sites excluding steroid dienone is 4. The van der Waals surface area contributed by atoms with E-state index in [1.54, 1.807) is 24.3 Å². The lowest BCUT2D eigenvalue weighted by Crippen LogP contribution is -2.13. The van der Waals surface area contributed by atoms with E-state index in [0.717, 1.165) is 5.57 Å². The van der Waals surface area contributed by atoms with Crippen molar-refractivity contribution in [1.82, 2.24) is 0 Å². The molecule has 1 aliphatic rings. The summed E-state index contributed by atoms with van der Waals surface area (Å²) >= 11 is 0. The highest BCUT2D eigenvalue weighted by atomic mass is 31.2. The zero-order valence-electron chi connectivity index (χ0n) is 9.71. The molecule has 0 bridgehead atoms. The number of hydrogen-bond donors (Lipinski definition) is 0. The molecule has 0 unspecified atom stereocenters. The van der Waals surface area contributed by atoms with Gasteiger partial charge < -0.3 is 13.8 Å². The molecule has 0 aromatic rings. The number of esters is 1. The lowest BCUT2D eigenvalue weighted by molar-refractivity contribution is -0.139. The Hall–Kier alpha value is -1.25. The van der Waals surface area contributed by atoms with E-state index in [1.165, 1.54) is 14.2 Å². The van der Waals surface area contributed by atoms with Crippen LogP contribution in [0.15, 0.2) is 29.9 Å². The van der Waals surface area contributed by atoms with Gasteiger partial charge in [0.15, 0.2) is 6.61 Å². The van der Waals surface area contributed by atoms with Crippen molar-refractivity contribution in [3.8, 4) is 0 Å². The van der Waals surface area contributed by atoms with Gasteiger partial charge in [-0.15, -0.1) is 0 Å². The van der Waals surface area contributed by atoms with Gasteiger partial charge >= 0.3 is 13.6 Å². The van der Waals surface area contributed by atoms with Gasteiger partial charge in [0.2, 0.25) is 0 Å². The molecule has 0 heterocycles. The largest absolute Gasteiger partial charge is 0.446 e. The third-order valence-corrected chi connectivity index (χ3v) is 3.81. The van der Waals surface area contributed by atoms with Crippen molar-refractivity contribution in [3.05, 3.63) is 36.0 Å². The van der Waals surface area contributed by atoms with E-state index in [2.05, 4.69) is 15.1 Å². The number of carbonyl (C=O) groups excluding carboxylic acids is 1. The molecule has 0 radical (unpaired) electrons.